The van der Waals surface area contributed by atoms with Crippen LogP contribution in [0.25, 0.3) is 0 Å². The van der Waals surface area contributed by atoms with Gasteiger partial charge < -0.3 is 9.72 Å². The van der Waals surface area contributed by atoms with E-state index < -0.39 is 0 Å². The fraction of sp³-hybridized carbons (Fsp3) is 0.562. The van der Waals surface area contributed by atoms with Gasteiger partial charge in [-0.05, 0) is 48.4 Å². The van der Waals surface area contributed by atoms with Crippen molar-refractivity contribution in [2.45, 2.75) is 109 Å². The molecule has 0 saturated carbocycles. The van der Waals surface area contributed by atoms with E-state index in [2.05, 4.69) is 29.0 Å². The number of Topliss-reactive ketones (excluding diaryl/α,β-unsaturated/α-hetero) is 1. The Morgan fingerprint density at radius 1 is 0.892 bits per heavy atom. The summed E-state index contributed by atoms with van der Waals surface area (Å²) in [6, 6.07) is 12.1. The molecule has 0 saturated heterocycles. The lowest BCUT2D eigenvalue weighted by atomic mass is 9.88. The number of nitrogens with one attached hydrogen (secondary N) is 1. The summed E-state index contributed by atoms with van der Waals surface area (Å²) in [6.07, 6.45) is 22.3. The molecule has 4 nitrogen and oxygen atoms in total. The molecule has 0 spiro atoms. The normalized spacial score (nSPS) is 12.0. The van der Waals surface area contributed by atoms with Gasteiger partial charge in [0.05, 0.1) is 17.8 Å². The Labute approximate surface area is 228 Å². The number of ketones is 1. The number of carbonyl (C=O) groups is 1. The largest absolute Gasteiger partial charge is 0.494 e. The summed E-state index contributed by atoms with van der Waals surface area (Å²) in [5.41, 5.74) is 2.23. The van der Waals surface area contributed by atoms with Gasteiger partial charge in [-0.15, -0.1) is 11.3 Å². The average Bonchev–Trinajstić information content (AvgIpc) is 3.65. The number of benzene rings is 1. The van der Waals surface area contributed by atoms with Crippen LogP contribution in [0.4, 0.5) is 0 Å². The highest BCUT2D eigenvalue weighted by Crippen LogP contribution is 2.30. The predicted octanol–water partition coefficient (Wildman–Crippen LogP) is 9.54. The fourth-order valence-electron chi connectivity index (χ4n) is 4.90. The van der Waals surface area contributed by atoms with E-state index in [0.717, 1.165) is 47.6 Å². The first-order chi connectivity index (χ1) is 18.3. The van der Waals surface area contributed by atoms with Crippen LogP contribution in [0.3, 0.4) is 0 Å². The van der Waals surface area contributed by atoms with Crippen LogP contribution in [-0.4, -0.2) is 22.4 Å². The van der Waals surface area contributed by atoms with Crippen molar-refractivity contribution in [3.63, 3.8) is 0 Å². The first-order valence-electron chi connectivity index (χ1n) is 14.6. The van der Waals surface area contributed by atoms with Crippen molar-refractivity contribution in [3.8, 4) is 5.75 Å². The summed E-state index contributed by atoms with van der Waals surface area (Å²) in [7, 11) is 0. The van der Waals surface area contributed by atoms with Crippen LogP contribution < -0.4 is 4.74 Å². The van der Waals surface area contributed by atoms with E-state index in [-0.39, 0.29) is 11.7 Å². The summed E-state index contributed by atoms with van der Waals surface area (Å²) < 4.78 is 5.93. The van der Waals surface area contributed by atoms with Gasteiger partial charge in [0.25, 0.3) is 0 Å². The number of thiophene rings is 1. The lowest BCUT2D eigenvalue weighted by molar-refractivity contribution is 0.0957. The van der Waals surface area contributed by atoms with E-state index in [1.54, 1.807) is 17.7 Å². The molecule has 0 aliphatic carbocycles. The Balaban J connectivity index is 1.39. The minimum Gasteiger partial charge on any atom is -0.494 e. The summed E-state index contributed by atoms with van der Waals surface area (Å²) in [5.74, 6) is 1.04. The third-order valence-electron chi connectivity index (χ3n) is 7.12. The average molecular weight is 523 g/mol. The second-order valence-corrected chi connectivity index (χ2v) is 11.1. The molecule has 0 aliphatic heterocycles. The number of aromatic amines is 1. The molecule has 3 aromatic rings. The minimum absolute atomic E-state index is 0.0730. The maximum Gasteiger partial charge on any atom is 0.180 e. The molecule has 1 N–H and O–H groups in total. The number of hydrogen-bond donors (Lipinski definition) is 1. The van der Waals surface area contributed by atoms with Gasteiger partial charge in [-0.25, -0.2) is 4.98 Å². The number of nitrogens with zero attached hydrogens (tertiary/aromatic N) is 1. The zero-order valence-corrected chi connectivity index (χ0v) is 23.6. The van der Waals surface area contributed by atoms with Crippen molar-refractivity contribution in [1.29, 1.82) is 0 Å². The fourth-order valence-corrected chi connectivity index (χ4v) is 5.62. The first kappa shape index (κ1) is 29.2. The number of ether oxygens (including phenoxy) is 1. The molecule has 3 rings (SSSR count). The van der Waals surface area contributed by atoms with Crippen molar-refractivity contribution in [1.82, 2.24) is 9.97 Å². The van der Waals surface area contributed by atoms with Gasteiger partial charge in [0, 0.05) is 17.8 Å². The van der Waals surface area contributed by atoms with Crippen LogP contribution in [0.15, 0.2) is 54.3 Å². The second kappa shape index (κ2) is 18.0. The number of aromatic nitrogens is 2. The van der Waals surface area contributed by atoms with Gasteiger partial charge in [0.2, 0.25) is 0 Å². The van der Waals surface area contributed by atoms with Crippen LogP contribution >= 0.6 is 11.3 Å². The van der Waals surface area contributed by atoms with E-state index in [1.165, 1.54) is 70.6 Å². The summed E-state index contributed by atoms with van der Waals surface area (Å²) in [5, 5.41) is 1.99. The van der Waals surface area contributed by atoms with Gasteiger partial charge in [0.1, 0.15) is 5.75 Å². The molecule has 0 fully saturated rings. The van der Waals surface area contributed by atoms with Crippen LogP contribution in [0.5, 0.6) is 5.75 Å². The Morgan fingerprint density at radius 2 is 1.57 bits per heavy atom. The third kappa shape index (κ3) is 11.3. The van der Waals surface area contributed by atoms with Crippen molar-refractivity contribution in [2.75, 3.05) is 6.61 Å². The minimum atomic E-state index is -0.0730. The predicted molar refractivity (Wildman–Crippen MR) is 156 cm³/mol. The molecule has 0 radical (unpaired) electrons. The van der Waals surface area contributed by atoms with E-state index in [1.807, 2.05) is 35.8 Å². The highest BCUT2D eigenvalue weighted by molar-refractivity contribution is 7.12. The van der Waals surface area contributed by atoms with Crippen LogP contribution in [0, 0.1) is 0 Å². The molecule has 1 atom stereocenters. The third-order valence-corrected chi connectivity index (χ3v) is 8.01. The molecular weight excluding hydrogens is 476 g/mol. The van der Waals surface area contributed by atoms with Crippen molar-refractivity contribution in [2.24, 2.45) is 0 Å². The number of carbonyl (C=O) groups excluding carboxylic acids is 1. The molecule has 0 bridgehead atoms. The molecule has 37 heavy (non-hydrogen) atoms. The Kier molecular flexibility index (Phi) is 14.1. The van der Waals surface area contributed by atoms with Gasteiger partial charge in [-0.1, -0.05) is 102 Å². The zero-order chi connectivity index (χ0) is 26.0. The Hall–Kier alpha value is -2.40. The number of aryl methyl sites for hydroxylation is 1. The van der Waals surface area contributed by atoms with Gasteiger partial charge in [0.15, 0.2) is 5.78 Å². The molecule has 2 heterocycles. The quantitative estimate of drug-likeness (QED) is 0.112. The number of unbranched alkanes of at least 4 members (excludes halogenated alkanes) is 11. The molecule has 1 unspecified atom stereocenters. The summed E-state index contributed by atoms with van der Waals surface area (Å²) >= 11 is 1.55. The number of imidazole rings is 1. The van der Waals surface area contributed by atoms with E-state index in [4.69, 9.17) is 4.74 Å². The second-order valence-electron chi connectivity index (χ2n) is 10.2. The molecule has 202 valence electrons. The maximum absolute atomic E-state index is 13.3. The molecular formula is C32H46N2O2S. The van der Waals surface area contributed by atoms with Gasteiger partial charge in [-0.3, -0.25) is 4.79 Å². The van der Waals surface area contributed by atoms with Gasteiger partial charge in [-0.2, -0.15) is 0 Å². The van der Waals surface area contributed by atoms with Crippen LogP contribution in [-0.2, 0) is 6.42 Å². The zero-order valence-electron chi connectivity index (χ0n) is 22.8. The Morgan fingerprint density at radius 3 is 2.16 bits per heavy atom. The summed E-state index contributed by atoms with van der Waals surface area (Å²) in [4.78, 5) is 21.4. The van der Waals surface area contributed by atoms with Crippen molar-refractivity contribution in [3.05, 3.63) is 70.4 Å². The number of H-pyrrole nitrogens is 1. The molecule has 1 aromatic carbocycles. The standard InChI is InChI=1S/C32H46N2O2S/c1-2-3-4-5-6-7-8-9-10-11-12-13-17-30(32(35)31-18-15-24-37-31)27-19-21-29(22-20-27)36-23-14-16-28-25-33-26-34-28/h15,18-22,24-26,30H,2-14,16-17,23H2,1H3,(H,33,34). The van der Waals surface area contributed by atoms with Crippen molar-refractivity contribution >= 4 is 17.1 Å². The lowest BCUT2D eigenvalue weighted by Crippen LogP contribution is -2.12. The molecule has 0 amide bonds. The SMILES string of the molecule is CCCCCCCCCCCCCCC(C(=O)c1cccs1)c1ccc(OCCCc2cnc[nH]2)cc1. The van der Waals surface area contributed by atoms with Crippen molar-refractivity contribution < 1.29 is 9.53 Å². The Bertz CT molecular complexity index is 951. The molecule has 0 aliphatic rings. The first-order valence-corrected chi connectivity index (χ1v) is 15.4. The lowest BCUT2D eigenvalue weighted by Gasteiger charge is -2.16. The molecule has 5 heteroatoms. The summed E-state index contributed by atoms with van der Waals surface area (Å²) in [6.45, 7) is 2.94. The highest BCUT2D eigenvalue weighted by atomic mass is 32.1. The van der Waals surface area contributed by atoms with E-state index >= 15 is 0 Å². The monoisotopic (exact) mass is 522 g/mol. The van der Waals surface area contributed by atoms with E-state index in [0.29, 0.717) is 6.61 Å². The highest BCUT2D eigenvalue weighted by Gasteiger charge is 2.22. The van der Waals surface area contributed by atoms with Crippen LogP contribution in [0.1, 0.15) is 124 Å². The van der Waals surface area contributed by atoms with E-state index in [9.17, 15) is 4.79 Å². The maximum atomic E-state index is 13.3. The molecule has 2 aromatic heterocycles. The van der Waals surface area contributed by atoms with Crippen LogP contribution in [0.2, 0.25) is 0 Å². The number of rotatable bonds is 21. The smallest absolute Gasteiger partial charge is 0.180 e. The van der Waals surface area contributed by atoms with Gasteiger partial charge >= 0.3 is 0 Å². The topological polar surface area (TPSA) is 55.0 Å². The number of hydrogen-bond acceptors (Lipinski definition) is 4.